The summed E-state index contributed by atoms with van der Waals surface area (Å²) in [5, 5.41) is 6.96. The van der Waals surface area contributed by atoms with Crippen LogP contribution >= 0.6 is 46.9 Å². The minimum Gasteiger partial charge on any atom is -0.489 e. The van der Waals surface area contributed by atoms with E-state index in [4.69, 9.17) is 25.8 Å². The van der Waals surface area contributed by atoms with Crippen LogP contribution in [0.4, 0.5) is 0 Å². The second kappa shape index (κ2) is 11.9. The molecule has 0 bridgehead atoms. The van der Waals surface area contributed by atoms with Crippen molar-refractivity contribution in [3.8, 4) is 11.5 Å². The van der Waals surface area contributed by atoms with Crippen LogP contribution in [0.15, 0.2) is 22.5 Å². The summed E-state index contributed by atoms with van der Waals surface area (Å²) in [5.74, 6) is 2.08. The minimum atomic E-state index is 0. The maximum absolute atomic E-state index is 6.39. The average Bonchev–Trinajstić information content (AvgIpc) is 3.04. The van der Waals surface area contributed by atoms with E-state index in [1.165, 1.54) is 0 Å². The number of hydrogen-bond donors (Lipinski definition) is 1. The normalized spacial score (nSPS) is 14.5. The highest BCUT2D eigenvalue weighted by molar-refractivity contribution is 14.0. The fourth-order valence-electron chi connectivity index (χ4n) is 2.95. The number of aromatic nitrogens is 1. The van der Waals surface area contributed by atoms with E-state index in [2.05, 4.69) is 20.7 Å². The van der Waals surface area contributed by atoms with Crippen LogP contribution in [0.2, 0.25) is 5.02 Å². The number of halogens is 2. The first-order chi connectivity index (χ1) is 14.0. The lowest BCUT2D eigenvalue weighted by Gasteiger charge is -2.21. The molecule has 2 aromatic rings. The van der Waals surface area contributed by atoms with Gasteiger partial charge in [-0.2, -0.15) is 0 Å². The van der Waals surface area contributed by atoms with Crippen LogP contribution in [-0.4, -0.2) is 50.3 Å². The molecule has 3 rings (SSSR count). The summed E-state index contributed by atoms with van der Waals surface area (Å²) in [6.07, 6.45) is 0.845. The molecule has 7 nitrogen and oxygen atoms in total. The lowest BCUT2D eigenvalue weighted by molar-refractivity contribution is 0.119. The van der Waals surface area contributed by atoms with Crippen molar-refractivity contribution in [3.63, 3.8) is 0 Å². The molecule has 0 saturated heterocycles. The molecule has 1 N–H and O–H groups in total. The van der Waals surface area contributed by atoms with Gasteiger partial charge < -0.3 is 24.4 Å². The minimum absolute atomic E-state index is 0. The van der Waals surface area contributed by atoms with Crippen LogP contribution in [0.1, 0.15) is 35.7 Å². The van der Waals surface area contributed by atoms with Gasteiger partial charge in [0.05, 0.1) is 30.5 Å². The summed E-state index contributed by atoms with van der Waals surface area (Å²) in [7, 11) is 5.43. The molecule has 0 spiro atoms. The number of ether oxygens (including phenoxy) is 3. The molecule has 1 aromatic carbocycles. The maximum Gasteiger partial charge on any atom is 0.194 e. The van der Waals surface area contributed by atoms with Crippen molar-refractivity contribution in [1.29, 1.82) is 0 Å². The third-order valence-corrected chi connectivity index (χ3v) is 5.89. The Labute approximate surface area is 203 Å². The quantitative estimate of drug-likeness (QED) is 0.316. The molecule has 166 valence electrons. The zero-order valence-electron chi connectivity index (χ0n) is 17.6. The molecular weight excluding hydrogens is 539 g/mol. The summed E-state index contributed by atoms with van der Waals surface area (Å²) in [4.78, 5) is 11.1. The molecule has 1 aromatic heterocycles. The number of nitrogens with one attached hydrogen (secondary N) is 1. The van der Waals surface area contributed by atoms with E-state index in [0.29, 0.717) is 42.8 Å². The Morgan fingerprint density at radius 3 is 2.90 bits per heavy atom. The number of hydrogen-bond acceptors (Lipinski definition) is 6. The molecule has 0 saturated carbocycles. The van der Waals surface area contributed by atoms with Crippen LogP contribution in [0, 0.1) is 0 Å². The molecule has 0 amide bonds. The second-order valence-electron chi connectivity index (χ2n) is 6.77. The van der Waals surface area contributed by atoms with E-state index in [0.717, 1.165) is 28.6 Å². The van der Waals surface area contributed by atoms with E-state index in [1.54, 1.807) is 25.5 Å². The lowest BCUT2D eigenvalue weighted by atomic mass is 10.2. The monoisotopic (exact) mass is 566 g/mol. The van der Waals surface area contributed by atoms with Crippen LogP contribution < -0.4 is 14.8 Å². The van der Waals surface area contributed by atoms with Crippen LogP contribution in [0.5, 0.6) is 11.5 Å². The molecule has 1 aliphatic rings. The van der Waals surface area contributed by atoms with Gasteiger partial charge in [-0.15, -0.1) is 35.3 Å². The Hall–Kier alpha value is -1.30. The van der Waals surface area contributed by atoms with Gasteiger partial charge in [0.25, 0.3) is 0 Å². The van der Waals surface area contributed by atoms with E-state index in [-0.39, 0.29) is 30.1 Å². The molecule has 1 aliphatic heterocycles. The second-order valence-corrected chi connectivity index (χ2v) is 8.06. The van der Waals surface area contributed by atoms with Crippen molar-refractivity contribution in [2.24, 2.45) is 4.99 Å². The number of rotatable bonds is 6. The third-order valence-electron chi connectivity index (χ3n) is 4.56. The number of benzene rings is 1. The first kappa shape index (κ1) is 25.0. The third kappa shape index (κ3) is 6.35. The van der Waals surface area contributed by atoms with Crippen LogP contribution in [0.25, 0.3) is 0 Å². The van der Waals surface area contributed by atoms with Gasteiger partial charge in [-0.05, 0) is 24.6 Å². The fraction of sp³-hybridized carbons (Fsp3) is 0.500. The van der Waals surface area contributed by atoms with Crippen molar-refractivity contribution in [2.75, 3.05) is 34.4 Å². The Kier molecular flexibility index (Phi) is 9.92. The summed E-state index contributed by atoms with van der Waals surface area (Å²) < 4.78 is 16.8. The molecule has 10 heteroatoms. The standard InChI is InChI=1S/C20H27ClN4O3S.HI/c1-13(26-4)19-24-15(12-29-19)11-25(3)20(22-2)23-10-14-8-16(21)18-17(9-14)27-6-5-7-28-18;/h8-9,12-13H,5-7,10-11H2,1-4H3,(H,22,23);1H. The molecule has 1 unspecified atom stereocenters. The zero-order chi connectivity index (χ0) is 20.8. The van der Waals surface area contributed by atoms with E-state index in [1.807, 2.05) is 31.0 Å². The highest BCUT2D eigenvalue weighted by atomic mass is 127. The lowest BCUT2D eigenvalue weighted by Crippen LogP contribution is -2.38. The Bertz CT molecular complexity index is 865. The number of nitrogens with zero attached hydrogens (tertiary/aromatic N) is 3. The predicted octanol–water partition coefficient (Wildman–Crippen LogP) is 4.49. The SMILES string of the molecule is CN=C(NCc1cc(Cl)c2c(c1)OCCCO2)N(C)Cc1csc(C(C)OC)n1.I. The van der Waals surface area contributed by atoms with Gasteiger partial charge in [0.2, 0.25) is 0 Å². The largest absolute Gasteiger partial charge is 0.489 e. The molecule has 0 fully saturated rings. The number of thiazole rings is 1. The van der Waals surface area contributed by atoms with E-state index >= 15 is 0 Å². The number of methoxy groups -OCH3 is 1. The van der Waals surface area contributed by atoms with Gasteiger partial charge in [-0.25, -0.2) is 4.98 Å². The number of aliphatic imine (C=N–C) groups is 1. The van der Waals surface area contributed by atoms with Gasteiger partial charge in [-0.1, -0.05) is 11.6 Å². The molecule has 2 heterocycles. The fourth-order valence-corrected chi connectivity index (χ4v) is 4.08. The Morgan fingerprint density at radius 2 is 2.17 bits per heavy atom. The van der Waals surface area contributed by atoms with Crippen LogP contribution in [0.3, 0.4) is 0 Å². The molecule has 1 atom stereocenters. The van der Waals surface area contributed by atoms with Crippen molar-refractivity contribution in [2.45, 2.75) is 32.5 Å². The summed E-state index contributed by atoms with van der Waals surface area (Å²) in [5.41, 5.74) is 1.98. The Balaban J connectivity index is 0.00000320. The van der Waals surface area contributed by atoms with Crippen molar-refractivity contribution in [1.82, 2.24) is 15.2 Å². The van der Waals surface area contributed by atoms with Crippen LogP contribution in [-0.2, 0) is 17.8 Å². The van der Waals surface area contributed by atoms with Gasteiger partial charge in [-0.3, -0.25) is 4.99 Å². The summed E-state index contributed by atoms with van der Waals surface area (Å²) in [6.45, 7) is 4.45. The van der Waals surface area contributed by atoms with E-state index in [9.17, 15) is 0 Å². The van der Waals surface area contributed by atoms with Gasteiger partial charge >= 0.3 is 0 Å². The zero-order valence-corrected chi connectivity index (χ0v) is 21.5. The molecule has 30 heavy (non-hydrogen) atoms. The van der Waals surface area contributed by atoms with Crippen molar-refractivity contribution in [3.05, 3.63) is 38.8 Å². The smallest absolute Gasteiger partial charge is 0.194 e. The van der Waals surface area contributed by atoms with E-state index < -0.39 is 0 Å². The van der Waals surface area contributed by atoms with Gasteiger partial charge in [0, 0.05) is 39.6 Å². The van der Waals surface area contributed by atoms with Crippen molar-refractivity contribution >= 4 is 52.9 Å². The predicted molar refractivity (Wildman–Crippen MR) is 132 cm³/mol. The summed E-state index contributed by atoms with van der Waals surface area (Å²) in [6, 6.07) is 3.86. The van der Waals surface area contributed by atoms with Gasteiger partial charge in [0.1, 0.15) is 11.1 Å². The number of guanidine groups is 1. The molecular formula is C20H28ClIN4O3S. The summed E-state index contributed by atoms with van der Waals surface area (Å²) >= 11 is 7.99. The maximum atomic E-state index is 6.39. The average molecular weight is 567 g/mol. The topological polar surface area (TPSA) is 68.2 Å². The number of fused-ring (bicyclic) bond motifs is 1. The highest BCUT2D eigenvalue weighted by Crippen LogP contribution is 2.38. The molecule has 0 radical (unpaired) electrons. The molecule has 0 aliphatic carbocycles. The van der Waals surface area contributed by atoms with Crippen molar-refractivity contribution < 1.29 is 14.2 Å². The first-order valence-electron chi connectivity index (χ1n) is 9.48. The highest BCUT2D eigenvalue weighted by Gasteiger charge is 2.17. The van der Waals surface area contributed by atoms with Gasteiger partial charge in [0.15, 0.2) is 17.5 Å². The first-order valence-corrected chi connectivity index (χ1v) is 10.7. The Morgan fingerprint density at radius 1 is 1.40 bits per heavy atom.